The van der Waals surface area contributed by atoms with Gasteiger partial charge in [0, 0.05) is 41.8 Å². The molecular formula is C17H12F3N5O2. The van der Waals surface area contributed by atoms with E-state index in [1.807, 2.05) is 0 Å². The SMILES string of the molecule is Cn1cc(C2=CN(c3ccc(OC(F)(F)F)cc3)C(=O)C3N=NC=C23)cn1. The molecule has 1 atom stereocenters. The third-order valence-corrected chi connectivity index (χ3v) is 4.08. The summed E-state index contributed by atoms with van der Waals surface area (Å²) in [5.74, 6) is -0.715. The van der Waals surface area contributed by atoms with E-state index >= 15 is 0 Å². The maximum absolute atomic E-state index is 12.8. The van der Waals surface area contributed by atoms with Crippen molar-refractivity contribution in [2.24, 2.45) is 17.3 Å². The molecule has 27 heavy (non-hydrogen) atoms. The number of alkyl halides is 3. The molecule has 4 rings (SSSR count). The number of nitrogens with zero attached hydrogens (tertiary/aromatic N) is 5. The van der Waals surface area contributed by atoms with Crippen LogP contribution in [-0.4, -0.2) is 28.1 Å². The number of hydrogen-bond donors (Lipinski definition) is 0. The van der Waals surface area contributed by atoms with Gasteiger partial charge in [-0.05, 0) is 24.3 Å². The summed E-state index contributed by atoms with van der Waals surface area (Å²) < 4.78 is 42.4. The Morgan fingerprint density at radius 3 is 2.56 bits per heavy atom. The molecule has 0 aliphatic carbocycles. The van der Waals surface area contributed by atoms with E-state index in [0.717, 1.165) is 17.7 Å². The molecule has 2 aromatic rings. The van der Waals surface area contributed by atoms with Crippen molar-refractivity contribution < 1.29 is 22.7 Å². The zero-order valence-corrected chi connectivity index (χ0v) is 13.9. The van der Waals surface area contributed by atoms with Crippen LogP contribution in [-0.2, 0) is 11.8 Å². The molecule has 0 saturated heterocycles. The smallest absolute Gasteiger partial charge is 0.406 e. The highest BCUT2D eigenvalue weighted by Crippen LogP contribution is 2.37. The zero-order chi connectivity index (χ0) is 19.2. The minimum absolute atomic E-state index is 0.348. The minimum Gasteiger partial charge on any atom is -0.406 e. The molecule has 3 heterocycles. The Bertz CT molecular complexity index is 989. The number of carbonyl (C=O) groups is 1. The van der Waals surface area contributed by atoms with E-state index in [9.17, 15) is 18.0 Å². The number of benzene rings is 1. The molecule has 1 aromatic heterocycles. The van der Waals surface area contributed by atoms with E-state index in [4.69, 9.17) is 0 Å². The fraction of sp³-hybridized carbons (Fsp3) is 0.176. The highest BCUT2D eigenvalue weighted by Gasteiger charge is 2.37. The van der Waals surface area contributed by atoms with E-state index in [2.05, 4.69) is 20.1 Å². The molecular weight excluding hydrogens is 363 g/mol. The largest absolute Gasteiger partial charge is 0.573 e. The Kier molecular flexibility index (Phi) is 3.83. The molecule has 0 fully saturated rings. The van der Waals surface area contributed by atoms with Crippen molar-refractivity contribution in [2.75, 3.05) is 4.90 Å². The maximum Gasteiger partial charge on any atom is 0.573 e. The van der Waals surface area contributed by atoms with Gasteiger partial charge in [0.2, 0.25) is 0 Å². The Morgan fingerprint density at radius 2 is 1.93 bits per heavy atom. The molecule has 1 unspecified atom stereocenters. The second-order valence-electron chi connectivity index (χ2n) is 5.91. The molecule has 7 nitrogen and oxygen atoms in total. The van der Waals surface area contributed by atoms with E-state index < -0.39 is 12.4 Å². The Morgan fingerprint density at radius 1 is 1.19 bits per heavy atom. The van der Waals surface area contributed by atoms with E-state index in [1.165, 1.54) is 23.2 Å². The fourth-order valence-electron chi connectivity index (χ4n) is 2.90. The number of aryl methyl sites for hydroxylation is 1. The third-order valence-electron chi connectivity index (χ3n) is 4.08. The number of anilines is 1. The van der Waals surface area contributed by atoms with Gasteiger partial charge in [0.25, 0.3) is 5.91 Å². The summed E-state index contributed by atoms with van der Waals surface area (Å²) in [7, 11) is 1.77. The standard InChI is InChI=1S/C17H12F3N5O2/c1-24-8-10(6-22-24)14-9-25(16(26)15-13(14)7-21-23-15)11-2-4-12(5-3-11)27-17(18,19)20/h2-9,15H,1H3. The normalized spacial score (nSPS) is 19.0. The predicted octanol–water partition coefficient (Wildman–Crippen LogP) is 3.42. The van der Waals surface area contributed by atoms with Crippen molar-refractivity contribution in [3.05, 3.63) is 60.2 Å². The lowest BCUT2D eigenvalue weighted by Gasteiger charge is -2.28. The van der Waals surface area contributed by atoms with Gasteiger partial charge in [0.05, 0.1) is 12.4 Å². The first-order valence-electron chi connectivity index (χ1n) is 7.82. The van der Waals surface area contributed by atoms with Gasteiger partial charge in [-0.2, -0.15) is 15.3 Å². The summed E-state index contributed by atoms with van der Waals surface area (Å²) in [6, 6.07) is 4.25. The second-order valence-corrected chi connectivity index (χ2v) is 5.91. The number of hydrogen-bond acceptors (Lipinski definition) is 5. The summed E-state index contributed by atoms with van der Waals surface area (Å²) in [5.41, 5.74) is 2.53. The summed E-state index contributed by atoms with van der Waals surface area (Å²) in [6.07, 6.45) is 1.79. The van der Waals surface area contributed by atoms with Gasteiger partial charge < -0.3 is 4.74 Å². The van der Waals surface area contributed by atoms with Gasteiger partial charge in [-0.3, -0.25) is 14.4 Å². The highest BCUT2D eigenvalue weighted by atomic mass is 19.4. The van der Waals surface area contributed by atoms with Gasteiger partial charge in [-0.1, -0.05) is 0 Å². The van der Waals surface area contributed by atoms with Crippen LogP contribution in [0.4, 0.5) is 18.9 Å². The van der Waals surface area contributed by atoms with Crippen LogP contribution in [0.3, 0.4) is 0 Å². The Balaban J connectivity index is 1.71. The van der Waals surface area contributed by atoms with Crippen LogP contribution in [0.25, 0.3) is 5.57 Å². The van der Waals surface area contributed by atoms with Crippen LogP contribution in [0.1, 0.15) is 5.56 Å². The number of fused-ring (bicyclic) bond motifs is 1. The van der Waals surface area contributed by atoms with Crippen molar-refractivity contribution in [3.8, 4) is 5.75 Å². The topological polar surface area (TPSA) is 72.1 Å². The average Bonchev–Trinajstić information content (AvgIpc) is 3.24. The molecule has 0 radical (unpaired) electrons. The molecule has 1 amide bonds. The molecule has 2 aliphatic heterocycles. The number of azo groups is 1. The molecule has 0 saturated carbocycles. The van der Waals surface area contributed by atoms with Crippen molar-refractivity contribution in [3.63, 3.8) is 0 Å². The van der Waals surface area contributed by atoms with E-state index in [0.29, 0.717) is 16.8 Å². The summed E-state index contributed by atoms with van der Waals surface area (Å²) >= 11 is 0. The van der Waals surface area contributed by atoms with Gasteiger partial charge in [-0.15, -0.1) is 13.2 Å². The lowest BCUT2D eigenvalue weighted by atomic mass is 9.92. The van der Waals surface area contributed by atoms with E-state index in [1.54, 1.807) is 30.3 Å². The van der Waals surface area contributed by atoms with Crippen molar-refractivity contribution in [1.82, 2.24) is 9.78 Å². The molecule has 10 heteroatoms. The predicted molar refractivity (Wildman–Crippen MR) is 88.5 cm³/mol. The van der Waals surface area contributed by atoms with Crippen molar-refractivity contribution in [2.45, 2.75) is 12.4 Å². The molecule has 2 aliphatic rings. The van der Waals surface area contributed by atoms with E-state index in [-0.39, 0.29) is 11.7 Å². The van der Waals surface area contributed by atoms with Crippen LogP contribution in [0.2, 0.25) is 0 Å². The summed E-state index contributed by atoms with van der Waals surface area (Å²) in [6.45, 7) is 0. The monoisotopic (exact) mass is 375 g/mol. The molecule has 0 bridgehead atoms. The van der Waals surface area contributed by atoms with Crippen molar-refractivity contribution in [1.29, 1.82) is 0 Å². The molecule has 1 aromatic carbocycles. The van der Waals surface area contributed by atoms with Gasteiger partial charge in [-0.25, -0.2) is 0 Å². The number of aromatic nitrogens is 2. The number of ether oxygens (including phenoxy) is 1. The number of amides is 1. The number of carbonyl (C=O) groups excluding carboxylic acids is 1. The Hall–Kier alpha value is -3.43. The first-order chi connectivity index (χ1) is 12.8. The lowest BCUT2D eigenvalue weighted by molar-refractivity contribution is -0.274. The fourth-order valence-corrected chi connectivity index (χ4v) is 2.90. The molecule has 138 valence electrons. The van der Waals surface area contributed by atoms with Crippen LogP contribution in [0.5, 0.6) is 5.75 Å². The van der Waals surface area contributed by atoms with Crippen LogP contribution in [0, 0.1) is 0 Å². The van der Waals surface area contributed by atoms with Crippen LogP contribution in [0.15, 0.2) is 64.9 Å². The summed E-state index contributed by atoms with van der Waals surface area (Å²) in [4.78, 5) is 14.1. The Labute approximate surface area is 151 Å². The minimum atomic E-state index is -4.78. The van der Waals surface area contributed by atoms with Crippen LogP contribution >= 0.6 is 0 Å². The van der Waals surface area contributed by atoms with Crippen LogP contribution < -0.4 is 9.64 Å². The van der Waals surface area contributed by atoms with Gasteiger partial charge in [0.15, 0.2) is 6.04 Å². The quantitative estimate of drug-likeness (QED) is 0.825. The molecule has 0 N–H and O–H groups in total. The maximum atomic E-state index is 12.8. The van der Waals surface area contributed by atoms with Crippen molar-refractivity contribution >= 4 is 17.2 Å². The zero-order valence-electron chi connectivity index (χ0n) is 13.9. The highest BCUT2D eigenvalue weighted by molar-refractivity contribution is 6.09. The molecule has 0 spiro atoms. The van der Waals surface area contributed by atoms with Gasteiger partial charge >= 0.3 is 6.36 Å². The summed E-state index contributed by atoms with van der Waals surface area (Å²) in [5, 5.41) is 11.9. The first-order valence-corrected chi connectivity index (χ1v) is 7.82. The van der Waals surface area contributed by atoms with Gasteiger partial charge in [0.1, 0.15) is 5.75 Å². The number of rotatable bonds is 3. The second kappa shape index (κ2) is 6.08. The third kappa shape index (κ3) is 3.21. The first kappa shape index (κ1) is 17.0. The average molecular weight is 375 g/mol. The number of halogens is 3. The lowest BCUT2D eigenvalue weighted by Crippen LogP contribution is -2.39.